The third kappa shape index (κ3) is 4.04. The Kier molecular flexibility index (Phi) is 5.34. The fraction of sp³-hybridized carbons (Fsp3) is 0.333. The summed E-state index contributed by atoms with van der Waals surface area (Å²) in [5, 5.41) is 4.87. The summed E-state index contributed by atoms with van der Waals surface area (Å²) in [7, 11) is 0. The largest absolute Gasteiger partial charge is 0.454 e. The molecule has 6 nitrogen and oxygen atoms in total. The first-order chi connectivity index (χ1) is 13.6. The number of nitrogens with zero attached hydrogens (tertiary/aromatic N) is 1. The highest BCUT2D eigenvalue weighted by Crippen LogP contribution is 2.33. The molecule has 2 aliphatic rings. The molecule has 0 saturated carbocycles. The molecule has 0 aliphatic carbocycles. The van der Waals surface area contributed by atoms with E-state index in [0.29, 0.717) is 31.0 Å². The van der Waals surface area contributed by atoms with Crippen LogP contribution in [0.3, 0.4) is 0 Å². The van der Waals surface area contributed by atoms with Crippen molar-refractivity contribution >= 4 is 28.7 Å². The van der Waals surface area contributed by atoms with Gasteiger partial charge in [0.1, 0.15) is 6.04 Å². The molecule has 2 aromatic rings. The smallest absolute Gasteiger partial charge is 0.245 e. The Morgan fingerprint density at radius 1 is 1.25 bits per heavy atom. The molecule has 7 heteroatoms. The van der Waals surface area contributed by atoms with Gasteiger partial charge in [0.25, 0.3) is 0 Å². The van der Waals surface area contributed by atoms with Gasteiger partial charge in [0.05, 0.1) is 0 Å². The quantitative estimate of drug-likeness (QED) is 0.841. The molecule has 1 aromatic heterocycles. The lowest BCUT2D eigenvalue weighted by Crippen LogP contribution is -2.50. The number of fused-ring (bicyclic) bond motifs is 1. The molecule has 2 aliphatic heterocycles. The molecular weight excluding hydrogens is 376 g/mol. The molecule has 0 saturated heterocycles. The van der Waals surface area contributed by atoms with Crippen molar-refractivity contribution in [3.63, 3.8) is 0 Å². The van der Waals surface area contributed by atoms with Crippen molar-refractivity contribution in [1.29, 1.82) is 0 Å². The molecule has 2 amide bonds. The second kappa shape index (κ2) is 8.06. The van der Waals surface area contributed by atoms with Gasteiger partial charge in [0, 0.05) is 31.3 Å². The SMILES string of the molecule is CC(=O)NC(Cc1ccc2c(c1)OCO2)C(=O)N1CC=C(c2cccs2)CC1. The van der Waals surface area contributed by atoms with Crippen molar-refractivity contribution in [2.24, 2.45) is 0 Å². The Morgan fingerprint density at radius 2 is 2.11 bits per heavy atom. The van der Waals surface area contributed by atoms with Crippen LogP contribution in [0.15, 0.2) is 41.8 Å². The Labute approximate surface area is 167 Å². The molecule has 4 rings (SSSR count). The normalized spacial score (nSPS) is 16.5. The van der Waals surface area contributed by atoms with Crippen LogP contribution >= 0.6 is 11.3 Å². The number of benzene rings is 1. The zero-order valence-corrected chi connectivity index (χ0v) is 16.5. The highest BCUT2D eigenvalue weighted by molar-refractivity contribution is 7.11. The van der Waals surface area contributed by atoms with E-state index in [1.165, 1.54) is 17.4 Å². The van der Waals surface area contributed by atoms with Gasteiger partial charge in [-0.2, -0.15) is 0 Å². The van der Waals surface area contributed by atoms with Gasteiger partial charge in [-0.1, -0.05) is 18.2 Å². The Hall–Kier alpha value is -2.80. The molecule has 0 fully saturated rings. The summed E-state index contributed by atoms with van der Waals surface area (Å²) in [6, 6.07) is 9.15. The van der Waals surface area contributed by atoms with Gasteiger partial charge in [0.15, 0.2) is 11.5 Å². The van der Waals surface area contributed by atoms with Crippen molar-refractivity contribution in [2.75, 3.05) is 19.9 Å². The molecule has 1 N–H and O–H groups in total. The molecule has 0 bridgehead atoms. The maximum absolute atomic E-state index is 13.1. The van der Waals surface area contributed by atoms with Gasteiger partial charge in [-0.05, 0) is 41.1 Å². The predicted octanol–water partition coefficient (Wildman–Crippen LogP) is 2.84. The summed E-state index contributed by atoms with van der Waals surface area (Å²) in [5.74, 6) is 1.10. The van der Waals surface area contributed by atoms with Crippen LogP contribution in [0, 0.1) is 0 Å². The average molecular weight is 398 g/mol. The number of carbonyl (C=O) groups excluding carboxylic acids is 2. The summed E-state index contributed by atoms with van der Waals surface area (Å²) in [4.78, 5) is 27.8. The highest BCUT2D eigenvalue weighted by Gasteiger charge is 2.27. The number of rotatable bonds is 5. The summed E-state index contributed by atoms with van der Waals surface area (Å²) in [6.45, 7) is 2.85. The van der Waals surface area contributed by atoms with Crippen molar-refractivity contribution in [3.8, 4) is 11.5 Å². The second-order valence-electron chi connectivity index (χ2n) is 6.89. The number of ether oxygens (including phenoxy) is 2. The lowest BCUT2D eigenvalue weighted by atomic mass is 10.0. The number of carbonyl (C=O) groups is 2. The summed E-state index contributed by atoms with van der Waals surface area (Å²) < 4.78 is 10.7. The summed E-state index contributed by atoms with van der Waals surface area (Å²) in [5.41, 5.74) is 2.20. The standard InChI is InChI=1S/C21H22N2O4S/c1-14(24)22-17(11-15-4-5-18-19(12-15)27-13-26-18)21(25)23-8-6-16(7-9-23)20-3-2-10-28-20/h2-6,10,12,17H,7-9,11,13H2,1H3,(H,22,24). The minimum atomic E-state index is -0.602. The van der Waals surface area contributed by atoms with E-state index in [1.54, 1.807) is 11.3 Å². The van der Waals surface area contributed by atoms with Gasteiger partial charge in [-0.15, -0.1) is 11.3 Å². The average Bonchev–Trinajstić information content (AvgIpc) is 3.38. The van der Waals surface area contributed by atoms with Gasteiger partial charge >= 0.3 is 0 Å². The molecule has 0 spiro atoms. The van der Waals surface area contributed by atoms with Crippen LogP contribution in [0.1, 0.15) is 23.8 Å². The zero-order valence-electron chi connectivity index (χ0n) is 15.6. The van der Waals surface area contributed by atoms with E-state index in [-0.39, 0.29) is 18.6 Å². The third-order valence-electron chi connectivity index (χ3n) is 4.91. The molecule has 1 aromatic carbocycles. The summed E-state index contributed by atoms with van der Waals surface area (Å²) >= 11 is 1.71. The molecule has 0 radical (unpaired) electrons. The number of hydrogen-bond acceptors (Lipinski definition) is 5. The Bertz CT molecular complexity index is 907. The van der Waals surface area contributed by atoms with Crippen LogP contribution in [0.4, 0.5) is 0 Å². The van der Waals surface area contributed by atoms with Gasteiger partial charge in [-0.3, -0.25) is 9.59 Å². The number of nitrogens with one attached hydrogen (secondary N) is 1. The molecule has 3 heterocycles. The molecule has 28 heavy (non-hydrogen) atoms. The van der Waals surface area contributed by atoms with Crippen LogP contribution < -0.4 is 14.8 Å². The third-order valence-corrected chi connectivity index (χ3v) is 5.86. The lowest BCUT2D eigenvalue weighted by molar-refractivity contribution is -0.135. The van der Waals surface area contributed by atoms with Crippen LogP contribution in [-0.2, 0) is 16.0 Å². The van der Waals surface area contributed by atoms with Crippen LogP contribution in [0.25, 0.3) is 5.57 Å². The first-order valence-electron chi connectivity index (χ1n) is 9.27. The lowest BCUT2D eigenvalue weighted by Gasteiger charge is -2.30. The molecule has 1 atom stereocenters. The van der Waals surface area contributed by atoms with Crippen molar-refractivity contribution in [2.45, 2.75) is 25.8 Å². The summed E-state index contributed by atoms with van der Waals surface area (Å²) in [6.07, 6.45) is 3.34. The van der Waals surface area contributed by atoms with E-state index in [2.05, 4.69) is 22.8 Å². The maximum Gasteiger partial charge on any atom is 0.245 e. The minimum Gasteiger partial charge on any atom is -0.454 e. The predicted molar refractivity (Wildman–Crippen MR) is 107 cm³/mol. The zero-order chi connectivity index (χ0) is 19.5. The van der Waals surface area contributed by atoms with E-state index >= 15 is 0 Å². The number of hydrogen-bond donors (Lipinski definition) is 1. The van der Waals surface area contributed by atoms with Crippen molar-refractivity contribution < 1.29 is 19.1 Å². The van der Waals surface area contributed by atoms with Crippen LogP contribution in [-0.4, -0.2) is 42.6 Å². The number of amides is 2. The van der Waals surface area contributed by atoms with Gasteiger partial charge < -0.3 is 19.7 Å². The minimum absolute atomic E-state index is 0.0608. The van der Waals surface area contributed by atoms with Crippen molar-refractivity contribution in [1.82, 2.24) is 10.2 Å². The van der Waals surface area contributed by atoms with Crippen LogP contribution in [0.2, 0.25) is 0 Å². The molecule has 1 unspecified atom stereocenters. The Morgan fingerprint density at radius 3 is 2.82 bits per heavy atom. The van der Waals surface area contributed by atoms with Gasteiger partial charge in [-0.25, -0.2) is 0 Å². The fourth-order valence-electron chi connectivity index (χ4n) is 3.52. The molecule has 146 valence electrons. The van der Waals surface area contributed by atoms with E-state index < -0.39 is 6.04 Å². The first-order valence-corrected chi connectivity index (χ1v) is 10.2. The fourth-order valence-corrected chi connectivity index (χ4v) is 4.32. The second-order valence-corrected chi connectivity index (χ2v) is 7.83. The van der Waals surface area contributed by atoms with E-state index in [1.807, 2.05) is 29.2 Å². The number of thiophene rings is 1. The maximum atomic E-state index is 13.1. The molecular formula is C21H22N2O4S. The highest BCUT2D eigenvalue weighted by atomic mass is 32.1. The Balaban J connectivity index is 1.46. The topological polar surface area (TPSA) is 67.9 Å². The van der Waals surface area contributed by atoms with E-state index in [4.69, 9.17) is 9.47 Å². The first kappa shape index (κ1) is 18.6. The van der Waals surface area contributed by atoms with Crippen molar-refractivity contribution in [3.05, 3.63) is 52.2 Å². The van der Waals surface area contributed by atoms with Crippen LogP contribution in [0.5, 0.6) is 11.5 Å². The van der Waals surface area contributed by atoms with Gasteiger partial charge in [0.2, 0.25) is 18.6 Å². The van der Waals surface area contributed by atoms with E-state index in [0.717, 1.165) is 12.0 Å². The van der Waals surface area contributed by atoms with E-state index in [9.17, 15) is 9.59 Å². The monoisotopic (exact) mass is 398 g/mol.